The van der Waals surface area contributed by atoms with Crippen molar-refractivity contribution >= 4 is 27.2 Å². The average Bonchev–Trinajstić information content (AvgIpc) is 2.92. The van der Waals surface area contributed by atoms with Crippen LogP contribution in [0.1, 0.15) is 12.6 Å². The molecule has 2 aromatic heterocycles. The second kappa shape index (κ2) is 6.78. The Kier molecular flexibility index (Phi) is 5.05. The van der Waals surface area contributed by atoms with Gasteiger partial charge in [0, 0.05) is 31.1 Å². The molecule has 0 fully saturated rings. The van der Waals surface area contributed by atoms with E-state index in [1.165, 1.54) is 17.4 Å². The third-order valence-corrected chi connectivity index (χ3v) is 4.69. The number of hydrogen-bond donors (Lipinski definition) is 2. The van der Waals surface area contributed by atoms with E-state index in [4.69, 9.17) is 0 Å². The SMILES string of the molecule is CCNc1ncccc1S(=O)(=O)NCCc1cscn1. The third-order valence-electron chi connectivity index (χ3n) is 2.56. The van der Waals surface area contributed by atoms with Gasteiger partial charge in [0.25, 0.3) is 0 Å². The zero-order valence-corrected chi connectivity index (χ0v) is 12.7. The summed E-state index contributed by atoms with van der Waals surface area (Å²) < 4.78 is 27.1. The van der Waals surface area contributed by atoms with Gasteiger partial charge in [0.1, 0.15) is 10.7 Å². The molecule has 8 heteroatoms. The Morgan fingerprint density at radius 1 is 1.35 bits per heavy atom. The summed E-state index contributed by atoms with van der Waals surface area (Å²) in [6, 6.07) is 3.14. The molecule has 0 radical (unpaired) electrons. The van der Waals surface area contributed by atoms with Gasteiger partial charge >= 0.3 is 0 Å². The average molecular weight is 312 g/mol. The first-order valence-corrected chi connectivity index (χ1v) is 8.61. The first-order valence-electron chi connectivity index (χ1n) is 6.19. The number of rotatable bonds is 7. The number of sulfonamides is 1. The highest BCUT2D eigenvalue weighted by molar-refractivity contribution is 7.89. The van der Waals surface area contributed by atoms with Gasteiger partial charge in [0.2, 0.25) is 10.0 Å². The second-order valence-corrected chi connectivity index (χ2v) is 6.46. The molecule has 0 aliphatic carbocycles. The van der Waals surface area contributed by atoms with Crippen LogP contribution in [0.15, 0.2) is 34.1 Å². The quantitative estimate of drug-likeness (QED) is 0.809. The Bertz CT molecular complexity index is 641. The van der Waals surface area contributed by atoms with Crippen molar-refractivity contribution in [1.82, 2.24) is 14.7 Å². The molecule has 2 N–H and O–H groups in total. The van der Waals surface area contributed by atoms with Gasteiger partial charge in [-0.15, -0.1) is 11.3 Å². The van der Waals surface area contributed by atoms with Crippen LogP contribution in [0.5, 0.6) is 0 Å². The minimum absolute atomic E-state index is 0.167. The van der Waals surface area contributed by atoms with E-state index in [1.54, 1.807) is 17.8 Å². The highest BCUT2D eigenvalue weighted by Gasteiger charge is 2.18. The normalized spacial score (nSPS) is 11.4. The fourth-order valence-electron chi connectivity index (χ4n) is 1.66. The molecule has 0 bridgehead atoms. The van der Waals surface area contributed by atoms with Gasteiger partial charge in [-0.2, -0.15) is 0 Å². The van der Waals surface area contributed by atoms with Gasteiger partial charge in [-0.3, -0.25) is 0 Å². The van der Waals surface area contributed by atoms with Crippen LogP contribution in [0.2, 0.25) is 0 Å². The fraction of sp³-hybridized carbons (Fsp3) is 0.333. The molecule has 2 heterocycles. The number of pyridine rings is 1. The molecule has 0 saturated heterocycles. The summed E-state index contributed by atoms with van der Waals surface area (Å²) in [6.45, 7) is 2.81. The lowest BCUT2D eigenvalue weighted by Crippen LogP contribution is -2.27. The first kappa shape index (κ1) is 14.9. The molecule has 0 atom stereocenters. The maximum Gasteiger partial charge on any atom is 0.244 e. The summed E-state index contributed by atoms with van der Waals surface area (Å²) in [5.41, 5.74) is 2.62. The molecule has 0 unspecified atom stereocenters. The monoisotopic (exact) mass is 312 g/mol. The zero-order chi connectivity index (χ0) is 14.4. The van der Waals surface area contributed by atoms with E-state index < -0.39 is 10.0 Å². The van der Waals surface area contributed by atoms with Crippen molar-refractivity contribution in [1.29, 1.82) is 0 Å². The van der Waals surface area contributed by atoms with E-state index >= 15 is 0 Å². The fourth-order valence-corrected chi connectivity index (χ4v) is 3.42. The summed E-state index contributed by atoms with van der Waals surface area (Å²) in [5, 5.41) is 4.85. The lowest BCUT2D eigenvalue weighted by atomic mass is 10.3. The van der Waals surface area contributed by atoms with Gasteiger partial charge in [-0.1, -0.05) is 0 Å². The Hall–Kier alpha value is -1.51. The smallest absolute Gasteiger partial charge is 0.244 e. The highest BCUT2D eigenvalue weighted by atomic mass is 32.2. The number of aromatic nitrogens is 2. The van der Waals surface area contributed by atoms with Crippen molar-refractivity contribution in [2.24, 2.45) is 0 Å². The van der Waals surface area contributed by atoms with Crippen LogP contribution in [0, 0.1) is 0 Å². The molecule has 6 nitrogen and oxygen atoms in total. The van der Waals surface area contributed by atoms with E-state index in [9.17, 15) is 8.42 Å². The molecule has 0 saturated carbocycles. The van der Waals surface area contributed by atoms with Crippen LogP contribution >= 0.6 is 11.3 Å². The number of hydrogen-bond acceptors (Lipinski definition) is 6. The summed E-state index contributed by atoms with van der Waals surface area (Å²) >= 11 is 1.49. The van der Waals surface area contributed by atoms with E-state index in [0.29, 0.717) is 25.3 Å². The van der Waals surface area contributed by atoms with Gasteiger partial charge in [0.05, 0.1) is 11.2 Å². The summed E-state index contributed by atoms with van der Waals surface area (Å²) in [6.07, 6.45) is 2.13. The molecule has 0 aliphatic rings. The van der Waals surface area contributed by atoms with E-state index in [-0.39, 0.29) is 4.90 Å². The summed E-state index contributed by atoms with van der Waals surface area (Å²) in [7, 11) is -3.57. The molecule has 20 heavy (non-hydrogen) atoms. The lowest BCUT2D eigenvalue weighted by molar-refractivity contribution is 0.581. The Labute approximate surface area is 122 Å². The number of thiazole rings is 1. The van der Waals surface area contributed by atoms with Crippen molar-refractivity contribution in [3.63, 3.8) is 0 Å². The largest absolute Gasteiger partial charge is 0.369 e. The number of nitrogens with zero attached hydrogens (tertiary/aromatic N) is 2. The van der Waals surface area contributed by atoms with Gasteiger partial charge in [-0.25, -0.2) is 23.1 Å². The van der Waals surface area contributed by atoms with Crippen molar-refractivity contribution in [3.8, 4) is 0 Å². The second-order valence-electron chi connectivity index (χ2n) is 4.01. The lowest BCUT2D eigenvalue weighted by Gasteiger charge is -2.10. The van der Waals surface area contributed by atoms with Crippen molar-refractivity contribution in [3.05, 3.63) is 34.9 Å². The van der Waals surface area contributed by atoms with Crippen LogP contribution in [0.3, 0.4) is 0 Å². The van der Waals surface area contributed by atoms with Crippen LogP contribution in [0.4, 0.5) is 5.82 Å². The minimum Gasteiger partial charge on any atom is -0.369 e. The molecule has 0 spiro atoms. The topological polar surface area (TPSA) is 84.0 Å². The Balaban J connectivity index is 2.06. The van der Waals surface area contributed by atoms with Crippen molar-refractivity contribution in [2.45, 2.75) is 18.2 Å². The van der Waals surface area contributed by atoms with Crippen molar-refractivity contribution < 1.29 is 8.42 Å². The standard InChI is InChI=1S/C12H16N4O2S2/c1-2-13-12-11(4-3-6-14-12)20(17,18)16-7-5-10-8-19-9-15-10/h3-4,6,8-9,16H,2,5,7H2,1H3,(H,13,14). The van der Waals surface area contributed by atoms with Gasteiger partial charge in [-0.05, 0) is 19.1 Å². The Morgan fingerprint density at radius 2 is 2.20 bits per heavy atom. The highest BCUT2D eigenvalue weighted by Crippen LogP contribution is 2.17. The van der Waals surface area contributed by atoms with E-state index in [1.807, 2.05) is 12.3 Å². The van der Waals surface area contributed by atoms with Crippen LogP contribution in [-0.2, 0) is 16.4 Å². The molecular weight excluding hydrogens is 296 g/mol. The maximum absolute atomic E-state index is 12.2. The predicted molar refractivity (Wildman–Crippen MR) is 79.4 cm³/mol. The van der Waals surface area contributed by atoms with Crippen LogP contribution in [-0.4, -0.2) is 31.5 Å². The molecular formula is C12H16N4O2S2. The Morgan fingerprint density at radius 3 is 2.90 bits per heavy atom. The van der Waals surface area contributed by atoms with E-state index in [2.05, 4.69) is 20.0 Å². The molecule has 0 amide bonds. The van der Waals surface area contributed by atoms with Crippen molar-refractivity contribution in [2.75, 3.05) is 18.4 Å². The summed E-state index contributed by atoms with van der Waals surface area (Å²) in [4.78, 5) is 8.33. The van der Waals surface area contributed by atoms with Gasteiger partial charge < -0.3 is 5.32 Å². The molecule has 2 aromatic rings. The maximum atomic E-state index is 12.2. The minimum atomic E-state index is -3.57. The molecule has 108 valence electrons. The molecule has 2 rings (SSSR count). The zero-order valence-electron chi connectivity index (χ0n) is 11.0. The number of anilines is 1. The number of nitrogens with one attached hydrogen (secondary N) is 2. The van der Waals surface area contributed by atoms with Crippen LogP contribution < -0.4 is 10.0 Å². The predicted octanol–water partition coefficient (Wildman–Crippen LogP) is 1.49. The van der Waals surface area contributed by atoms with Crippen LogP contribution in [0.25, 0.3) is 0 Å². The third kappa shape index (κ3) is 3.75. The molecule has 0 aliphatic heterocycles. The van der Waals surface area contributed by atoms with E-state index in [0.717, 1.165) is 5.69 Å². The first-order chi connectivity index (χ1) is 9.63. The summed E-state index contributed by atoms with van der Waals surface area (Å²) in [5.74, 6) is 0.371. The van der Waals surface area contributed by atoms with Gasteiger partial charge in [0.15, 0.2) is 0 Å². The molecule has 0 aromatic carbocycles.